The number of amides is 3. The number of anilines is 1. The molecule has 5 nitrogen and oxygen atoms in total. The van der Waals surface area contributed by atoms with Crippen LogP contribution in [0.4, 0.5) is 5.69 Å². The van der Waals surface area contributed by atoms with Gasteiger partial charge in [0.1, 0.15) is 6.04 Å². The molecule has 6 heteroatoms. The molecule has 4 rings (SSSR count). The van der Waals surface area contributed by atoms with E-state index in [2.05, 4.69) is 21.2 Å². The van der Waals surface area contributed by atoms with Gasteiger partial charge in [-0.05, 0) is 30.0 Å². The van der Waals surface area contributed by atoms with E-state index in [9.17, 15) is 14.4 Å². The van der Waals surface area contributed by atoms with E-state index >= 15 is 0 Å². The Hall–Kier alpha value is -2.21. The number of carbonyl (C=O) groups excluding carboxylic acids is 3. The van der Waals surface area contributed by atoms with Crippen molar-refractivity contribution in [1.29, 1.82) is 0 Å². The Morgan fingerprint density at radius 1 is 1.18 bits per heavy atom. The summed E-state index contributed by atoms with van der Waals surface area (Å²) in [5.41, 5.74) is 1.32. The number of piperidine rings is 1. The average molecular weight is 359 g/mol. The zero-order chi connectivity index (χ0) is 15.4. The minimum atomic E-state index is -0.643. The molecule has 1 fully saturated rings. The van der Waals surface area contributed by atoms with Crippen LogP contribution in [-0.2, 0) is 9.59 Å². The molecule has 0 bridgehead atoms. The molecule has 2 aliphatic rings. The standard InChI is InChI=1S/C16H11BrN2O3/c17-9-6-8-2-1-3-10-14(8)12(7-9)19(16(10)22)11-4-5-13(20)18-15(11)21/h1-3,6-7,11H,4-5H2,(H,18,20,21). The topological polar surface area (TPSA) is 66.5 Å². The number of carbonyl (C=O) groups is 3. The molecule has 0 aliphatic carbocycles. The van der Waals surface area contributed by atoms with E-state index in [0.29, 0.717) is 12.0 Å². The van der Waals surface area contributed by atoms with Crippen LogP contribution in [0.2, 0.25) is 0 Å². The van der Waals surface area contributed by atoms with Gasteiger partial charge in [-0.3, -0.25) is 24.6 Å². The van der Waals surface area contributed by atoms with Gasteiger partial charge in [0.25, 0.3) is 5.91 Å². The first-order valence-electron chi connectivity index (χ1n) is 6.96. The quantitative estimate of drug-likeness (QED) is 0.795. The highest BCUT2D eigenvalue weighted by atomic mass is 79.9. The Kier molecular flexibility index (Phi) is 2.84. The maximum atomic E-state index is 12.8. The van der Waals surface area contributed by atoms with Gasteiger partial charge in [0.2, 0.25) is 11.8 Å². The summed E-state index contributed by atoms with van der Waals surface area (Å²) in [6.07, 6.45) is 0.589. The van der Waals surface area contributed by atoms with Gasteiger partial charge in [0.15, 0.2) is 0 Å². The molecule has 1 saturated heterocycles. The molecule has 22 heavy (non-hydrogen) atoms. The highest BCUT2D eigenvalue weighted by molar-refractivity contribution is 9.10. The third kappa shape index (κ3) is 1.80. The van der Waals surface area contributed by atoms with Crippen molar-refractivity contribution in [1.82, 2.24) is 5.32 Å². The molecule has 1 atom stereocenters. The van der Waals surface area contributed by atoms with Gasteiger partial charge < -0.3 is 0 Å². The predicted molar refractivity (Wildman–Crippen MR) is 84.6 cm³/mol. The number of halogens is 1. The maximum Gasteiger partial charge on any atom is 0.259 e. The first kappa shape index (κ1) is 13.5. The third-order valence-electron chi connectivity index (χ3n) is 4.15. The number of imide groups is 1. The Morgan fingerprint density at radius 2 is 2.00 bits per heavy atom. The highest BCUT2D eigenvalue weighted by Crippen LogP contribution is 2.41. The van der Waals surface area contributed by atoms with E-state index in [1.807, 2.05) is 24.3 Å². The summed E-state index contributed by atoms with van der Waals surface area (Å²) in [5, 5.41) is 4.13. The minimum absolute atomic E-state index is 0.187. The fraction of sp³-hybridized carbons (Fsp3) is 0.188. The molecular weight excluding hydrogens is 348 g/mol. The van der Waals surface area contributed by atoms with Crippen molar-refractivity contribution in [3.8, 4) is 0 Å². The zero-order valence-corrected chi connectivity index (χ0v) is 13.0. The van der Waals surface area contributed by atoms with Crippen molar-refractivity contribution in [2.45, 2.75) is 18.9 Å². The zero-order valence-electron chi connectivity index (χ0n) is 11.4. The van der Waals surface area contributed by atoms with Crippen LogP contribution in [-0.4, -0.2) is 23.8 Å². The molecule has 110 valence electrons. The van der Waals surface area contributed by atoms with E-state index in [-0.39, 0.29) is 18.2 Å². The molecule has 1 N–H and O–H groups in total. The third-order valence-corrected chi connectivity index (χ3v) is 4.61. The Morgan fingerprint density at radius 3 is 2.77 bits per heavy atom. The second kappa shape index (κ2) is 4.64. The Balaban J connectivity index is 1.89. The summed E-state index contributed by atoms with van der Waals surface area (Å²) in [6, 6.07) is 8.70. The molecule has 0 aromatic heterocycles. The predicted octanol–water partition coefficient (Wildman–Crippen LogP) is 2.37. The van der Waals surface area contributed by atoms with Crippen LogP contribution in [0.5, 0.6) is 0 Å². The SMILES string of the molecule is O=C1CCC(N2C(=O)c3cccc4cc(Br)cc2c34)C(=O)N1. The number of nitrogens with one attached hydrogen (secondary N) is 1. The van der Waals surface area contributed by atoms with Crippen LogP contribution >= 0.6 is 15.9 Å². The molecule has 1 unspecified atom stereocenters. The van der Waals surface area contributed by atoms with E-state index in [4.69, 9.17) is 0 Å². The lowest BCUT2D eigenvalue weighted by Gasteiger charge is -2.30. The fourth-order valence-electron chi connectivity index (χ4n) is 3.21. The molecule has 3 amide bonds. The Bertz CT molecular complexity index is 862. The van der Waals surface area contributed by atoms with Gasteiger partial charge in [0.05, 0.1) is 5.69 Å². The second-order valence-corrected chi connectivity index (χ2v) is 6.39. The number of hydrogen-bond donors (Lipinski definition) is 1. The molecule has 0 radical (unpaired) electrons. The lowest BCUT2D eigenvalue weighted by Crippen LogP contribution is -2.53. The largest absolute Gasteiger partial charge is 0.295 e. The van der Waals surface area contributed by atoms with Crippen molar-refractivity contribution in [2.75, 3.05) is 4.90 Å². The molecule has 2 heterocycles. The van der Waals surface area contributed by atoms with Crippen molar-refractivity contribution in [2.24, 2.45) is 0 Å². The van der Waals surface area contributed by atoms with Crippen molar-refractivity contribution in [3.63, 3.8) is 0 Å². The molecule has 0 spiro atoms. The molecule has 2 aromatic carbocycles. The Labute approximate surface area is 134 Å². The normalized spacial score (nSPS) is 20.7. The van der Waals surface area contributed by atoms with Gasteiger partial charge in [-0.2, -0.15) is 0 Å². The van der Waals surface area contributed by atoms with E-state index in [0.717, 1.165) is 20.9 Å². The van der Waals surface area contributed by atoms with E-state index in [1.165, 1.54) is 4.90 Å². The number of nitrogens with zero attached hydrogens (tertiary/aromatic N) is 1. The average Bonchev–Trinajstić information content (AvgIpc) is 2.74. The first-order valence-corrected chi connectivity index (χ1v) is 7.75. The van der Waals surface area contributed by atoms with E-state index < -0.39 is 11.9 Å². The molecule has 2 aliphatic heterocycles. The van der Waals surface area contributed by atoms with Crippen LogP contribution in [0.25, 0.3) is 10.8 Å². The summed E-state index contributed by atoms with van der Waals surface area (Å²) in [5.74, 6) is -0.886. The van der Waals surface area contributed by atoms with E-state index in [1.54, 1.807) is 6.07 Å². The minimum Gasteiger partial charge on any atom is -0.295 e. The van der Waals surface area contributed by atoms with Gasteiger partial charge in [0, 0.05) is 21.8 Å². The molecular formula is C16H11BrN2O3. The van der Waals surface area contributed by atoms with Crippen LogP contribution in [0.3, 0.4) is 0 Å². The lowest BCUT2D eigenvalue weighted by molar-refractivity contribution is -0.134. The number of rotatable bonds is 1. The summed E-state index contributed by atoms with van der Waals surface area (Å²) in [4.78, 5) is 37.8. The molecule has 0 saturated carbocycles. The van der Waals surface area contributed by atoms with Crippen molar-refractivity contribution >= 4 is 50.1 Å². The smallest absolute Gasteiger partial charge is 0.259 e. The van der Waals surface area contributed by atoms with Gasteiger partial charge >= 0.3 is 0 Å². The van der Waals surface area contributed by atoms with Gasteiger partial charge in [-0.25, -0.2) is 0 Å². The number of benzene rings is 2. The summed E-state index contributed by atoms with van der Waals surface area (Å²) >= 11 is 3.45. The summed E-state index contributed by atoms with van der Waals surface area (Å²) in [6.45, 7) is 0. The lowest BCUT2D eigenvalue weighted by atomic mass is 10.0. The van der Waals surface area contributed by atoms with Gasteiger partial charge in [-0.1, -0.05) is 28.1 Å². The summed E-state index contributed by atoms with van der Waals surface area (Å²) in [7, 11) is 0. The van der Waals surface area contributed by atoms with Crippen molar-refractivity contribution in [3.05, 3.63) is 40.4 Å². The molecule has 2 aromatic rings. The second-order valence-electron chi connectivity index (χ2n) is 5.47. The van der Waals surface area contributed by atoms with Crippen LogP contribution in [0, 0.1) is 0 Å². The van der Waals surface area contributed by atoms with Crippen molar-refractivity contribution < 1.29 is 14.4 Å². The van der Waals surface area contributed by atoms with Crippen LogP contribution in [0.1, 0.15) is 23.2 Å². The van der Waals surface area contributed by atoms with Crippen LogP contribution in [0.15, 0.2) is 34.8 Å². The highest BCUT2D eigenvalue weighted by Gasteiger charge is 2.40. The first-order chi connectivity index (χ1) is 10.6. The fourth-order valence-corrected chi connectivity index (χ4v) is 3.68. The summed E-state index contributed by atoms with van der Waals surface area (Å²) < 4.78 is 0.846. The number of hydrogen-bond acceptors (Lipinski definition) is 3. The van der Waals surface area contributed by atoms with Crippen LogP contribution < -0.4 is 10.2 Å². The maximum absolute atomic E-state index is 12.8. The van der Waals surface area contributed by atoms with Gasteiger partial charge in [-0.15, -0.1) is 0 Å². The monoisotopic (exact) mass is 358 g/mol.